The van der Waals surface area contributed by atoms with E-state index in [4.69, 9.17) is 51.1 Å². The molecule has 0 bridgehead atoms. The second-order valence-electron chi connectivity index (χ2n) is 7.62. The summed E-state index contributed by atoms with van der Waals surface area (Å²) in [6, 6.07) is 5.82. The molecule has 1 aliphatic rings. The van der Waals surface area contributed by atoms with Crippen LogP contribution in [0.5, 0.6) is 0 Å². The Labute approximate surface area is 216 Å². The number of carbonyl (C=O) groups excluding carboxylic acids is 4. The number of amides is 3. The quantitative estimate of drug-likeness (QED) is 0.191. The van der Waals surface area contributed by atoms with Crippen molar-refractivity contribution in [1.82, 2.24) is 4.90 Å². The zero-order chi connectivity index (χ0) is 25.2. The van der Waals surface area contributed by atoms with Crippen LogP contribution in [0.4, 0.5) is 5.69 Å². The number of imide groups is 1. The number of fused-ring (bicyclic) bond motifs is 1. The molecule has 0 saturated carbocycles. The van der Waals surface area contributed by atoms with Gasteiger partial charge in [-0.25, -0.2) is 4.79 Å². The van der Waals surface area contributed by atoms with Gasteiger partial charge in [-0.2, -0.15) is 0 Å². The van der Waals surface area contributed by atoms with Crippen LogP contribution < -0.4 is 5.32 Å². The molecule has 2 aromatic carbocycles. The van der Waals surface area contributed by atoms with Crippen LogP contribution in [0.2, 0.25) is 20.1 Å². The molecule has 7 nitrogen and oxygen atoms in total. The van der Waals surface area contributed by atoms with E-state index in [1.54, 1.807) is 12.1 Å². The average Bonchev–Trinajstić information content (AvgIpc) is 3.07. The number of nitrogens with one attached hydrogen (secondary N) is 1. The Bertz CT molecular complexity index is 1140. The maximum absolute atomic E-state index is 13.1. The monoisotopic (exact) mass is 544 g/mol. The molecule has 0 radical (unpaired) electrons. The van der Waals surface area contributed by atoms with Crippen LogP contribution in [0.25, 0.3) is 0 Å². The smallest absolute Gasteiger partial charge is 0.329 e. The van der Waals surface area contributed by atoms with Crippen LogP contribution in [0, 0.1) is 6.92 Å². The van der Waals surface area contributed by atoms with Gasteiger partial charge in [0.25, 0.3) is 17.7 Å². The van der Waals surface area contributed by atoms with Crippen molar-refractivity contribution in [2.75, 3.05) is 11.9 Å². The van der Waals surface area contributed by atoms with E-state index in [1.165, 1.54) is 0 Å². The van der Waals surface area contributed by atoms with E-state index in [0.29, 0.717) is 18.5 Å². The van der Waals surface area contributed by atoms with E-state index in [1.807, 2.05) is 26.0 Å². The third-order valence-corrected chi connectivity index (χ3v) is 7.11. The molecular formula is C23H20Cl4N2O5. The minimum atomic E-state index is -1.29. The van der Waals surface area contributed by atoms with Crippen LogP contribution in [0.15, 0.2) is 24.3 Å². The normalized spacial score (nSPS) is 13.6. The van der Waals surface area contributed by atoms with Crippen molar-refractivity contribution in [3.05, 3.63) is 61.0 Å². The van der Waals surface area contributed by atoms with Gasteiger partial charge in [0.1, 0.15) is 6.04 Å². The fourth-order valence-corrected chi connectivity index (χ4v) is 4.55. The van der Waals surface area contributed by atoms with Crippen LogP contribution in [-0.2, 0) is 14.3 Å². The molecule has 0 spiro atoms. The minimum Gasteiger partial charge on any atom is -0.454 e. The van der Waals surface area contributed by atoms with Crippen molar-refractivity contribution in [2.24, 2.45) is 0 Å². The highest BCUT2D eigenvalue weighted by Crippen LogP contribution is 2.45. The number of rotatable bonds is 8. The fraction of sp³-hybridized carbons (Fsp3) is 0.304. The van der Waals surface area contributed by atoms with Gasteiger partial charge in [-0.3, -0.25) is 19.3 Å². The molecule has 0 fully saturated rings. The third kappa shape index (κ3) is 5.03. The van der Waals surface area contributed by atoms with Crippen molar-refractivity contribution >= 4 is 75.8 Å². The van der Waals surface area contributed by atoms with Crippen molar-refractivity contribution in [1.29, 1.82) is 0 Å². The van der Waals surface area contributed by atoms with Gasteiger partial charge < -0.3 is 10.1 Å². The van der Waals surface area contributed by atoms with Crippen molar-refractivity contribution < 1.29 is 23.9 Å². The van der Waals surface area contributed by atoms with E-state index >= 15 is 0 Å². The molecule has 0 aliphatic carbocycles. The van der Waals surface area contributed by atoms with E-state index in [0.717, 1.165) is 10.5 Å². The maximum atomic E-state index is 13.1. The summed E-state index contributed by atoms with van der Waals surface area (Å²) in [6.45, 7) is 3.10. The number of halogens is 4. The molecule has 3 amide bonds. The van der Waals surface area contributed by atoms with Crippen molar-refractivity contribution in [3.8, 4) is 0 Å². The first-order valence-corrected chi connectivity index (χ1v) is 11.9. The van der Waals surface area contributed by atoms with Gasteiger partial charge in [0, 0.05) is 5.69 Å². The first kappa shape index (κ1) is 26.3. The molecule has 2 aromatic rings. The number of aryl methyl sites for hydroxylation is 1. The van der Waals surface area contributed by atoms with Crippen LogP contribution >= 0.6 is 46.4 Å². The zero-order valence-corrected chi connectivity index (χ0v) is 21.2. The lowest BCUT2D eigenvalue weighted by Crippen LogP contribution is -2.46. The average molecular weight is 546 g/mol. The maximum Gasteiger partial charge on any atom is 0.329 e. The highest BCUT2D eigenvalue weighted by molar-refractivity contribution is 6.55. The van der Waals surface area contributed by atoms with E-state index in [-0.39, 0.29) is 37.6 Å². The molecule has 0 aromatic heterocycles. The lowest BCUT2D eigenvalue weighted by molar-refractivity contribution is -0.151. The largest absolute Gasteiger partial charge is 0.454 e. The van der Waals surface area contributed by atoms with Crippen LogP contribution in [-0.4, -0.2) is 41.2 Å². The van der Waals surface area contributed by atoms with Gasteiger partial charge in [0.15, 0.2) is 6.61 Å². The van der Waals surface area contributed by atoms with Crippen molar-refractivity contribution in [3.63, 3.8) is 0 Å². The molecular weight excluding hydrogens is 526 g/mol. The standard InChI is InChI=1S/C23H20Cl4N2O5/c1-3-4-9-13(23(33)34-10-14(30)28-12-8-6-5-7-11(12)2)29-21(31)15-16(22(29)32)18(25)20(27)19(26)17(15)24/h5-8,13H,3-4,9-10H2,1-2H3,(H,28,30)/t13-/m0/s1. The number of unbranched alkanes of at least 4 members (excludes halogenated alkanes) is 1. The molecule has 34 heavy (non-hydrogen) atoms. The number of ether oxygens (including phenoxy) is 1. The second kappa shape index (κ2) is 11.0. The number of hydrogen-bond donors (Lipinski definition) is 1. The Balaban J connectivity index is 1.82. The van der Waals surface area contributed by atoms with Gasteiger partial charge in [-0.15, -0.1) is 0 Å². The molecule has 1 atom stereocenters. The lowest BCUT2D eigenvalue weighted by Gasteiger charge is -2.24. The van der Waals surface area contributed by atoms with Gasteiger partial charge in [-0.05, 0) is 25.0 Å². The van der Waals surface area contributed by atoms with Gasteiger partial charge in [-0.1, -0.05) is 84.4 Å². The Hall–Kier alpha value is -2.32. The Morgan fingerprint density at radius 2 is 1.53 bits per heavy atom. The summed E-state index contributed by atoms with van der Waals surface area (Å²) < 4.78 is 5.18. The van der Waals surface area contributed by atoms with E-state index in [2.05, 4.69) is 5.32 Å². The predicted molar refractivity (Wildman–Crippen MR) is 131 cm³/mol. The number of anilines is 1. The third-order valence-electron chi connectivity index (χ3n) is 5.31. The summed E-state index contributed by atoms with van der Waals surface area (Å²) in [5.41, 5.74) is 0.958. The summed E-state index contributed by atoms with van der Waals surface area (Å²) in [7, 11) is 0. The number of para-hydroxylation sites is 1. The topological polar surface area (TPSA) is 92.8 Å². The molecule has 3 rings (SSSR count). The first-order chi connectivity index (χ1) is 16.1. The number of carbonyl (C=O) groups is 4. The highest BCUT2D eigenvalue weighted by atomic mass is 35.5. The number of benzene rings is 2. The fourth-order valence-electron chi connectivity index (χ4n) is 3.53. The molecule has 1 aliphatic heterocycles. The SMILES string of the molecule is CCCC[C@@H](C(=O)OCC(=O)Nc1ccccc1C)N1C(=O)c2c(Cl)c(Cl)c(Cl)c(Cl)c2C1=O. The lowest BCUT2D eigenvalue weighted by atomic mass is 10.1. The zero-order valence-electron chi connectivity index (χ0n) is 18.2. The Kier molecular flexibility index (Phi) is 8.47. The molecule has 1 heterocycles. The minimum absolute atomic E-state index is 0.122. The molecule has 11 heteroatoms. The summed E-state index contributed by atoms with van der Waals surface area (Å²) >= 11 is 24.5. The van der Waals surface area contributed by atoms with Gasteiger partial charge in [0.05, 0.1) is 31.2 Å². The Morgan fingerprint density at radius 3 is 2.06 bits per heavy atom. The predicted octanol–water partition coefficient (Wildman–Crippen LogP) is 5.95. The summed E-state index contributed by atoms with van der Waals surface area (Å²) in [6.07, 6.45) is 1.31. The highest BCUT2D eigenvalue weighted by Gasteiger charge is 2.47. The summed E-state index contributed by atoms with van der Waals surface area (Å²) in [5, 5.41) is 1.85. The molecule has 0 saturated heterocycles. The Morgan fingerprint density at radius 1 is 0.971 bits per heavy atom. The number of esters is 1. The molecule has 0 unspecified atom stereocenters. The molecule has 180 valence electrons. The number of nitrogens with zero attached hydrogens (tertiary/aromatic N) is 1. The summed E-state index contributed by atoms with van der Waals surface area (Å²) in [4.78, 5) is 52.3. The second-order valence-corrected chi connectivity index (χ2v) is 9.13. The van der Waals surface area contributed by atoms with Crippen LogP contribution in [0.3, 0.4) is 0 Å². The van der Waals surface area contributed by atoms with Gasteiger partial charge >= 0.3 is 5.97 Å². The first-order valence-electron chi connectivity index (χ1n) is 10.4. The van der Waals surface area contributed by atoms with E-state index in [9.17, 15) is 19.2 Å². The molecule has 1 N–H and O–H groups in total. The van der Waals surface area contributed by atoms with E-state index < -0.39 is 36.3 Å². The van der Waals surface area contributed by atoms with Gasteiger partial charge in [0.2, 0.25) is 0 Å². The van der Waals surface area contributed by atoms with Crippen molar-refractivity contribution in [2.45, 2.75) is 39.2 Å². The summed E-state index contributed by atoms with van der Waals surface area (Å²) in [5.74, 6) is -3.16. The van der Waals surface area contributed by atoms with Crippen LogP contribution in [0.1, 0.15) is 52.5 Å². The number of hydrogen-bond acceptors (Lipinski definition) is 5.